The Kier molecular flexibility index (Phi) is 2.88. The second kappa shape index (κ2) is 3.75. The van der Waals surface area contributed by atoms with Crippen LogP contribution in [0.3, 0.4) is 0 Å². The first kappa shape index (κ1) is 9.99. The number of rotatable bonds is 3. The lowest BCUT2D eigenvalue weighted by molar-refractivity contribution is 0.0288. The minimum absolute atomic E-state index is 0.612. The van der Waals surface area contributed by atoms with Crippen LogP contribution in [-0.4, -0.2) is 10.1 Å². The van der Waals surface area contributed by atoms with Crippen molar-refractivity contribution >= 4 is 5.69 Å². The molecule has 1 heterocycles. The number of anilines is 1. The van der Waals surface area contributed by atoms with Gasteiger partial charge in [0.25, 0.3) is 0 Å². The third-order valence-corrected chi connectivity index (χ3v) is 2.53. The fraction of sp³-hybridized carbons (Fsp3) is 0.500. The van der Waals surface area contributed by atoms with Crippen LogP contribution in [0, 0.1) is 0 Å². The lowest BCUT2D eigenvalue weighted by Gasteiger charge is -2.26. The van der Waals surface area contributed by atoms with Crippen LogP contribution in [0.5, 0.6) is 0 Å². The largest absolute Gasteiger partial charge is 0.398 e. The summed E-state index contributed by atoms with van der Waals surface area (Å²) in [5, 5.41) is 10.2. The van der Waals surface area contributed by atoms with Crippen LogP contribution < -0.4 is 5.73 Å². The Bertz CT molecular complexity index is 282. The fourth-order valence-corrected chi connectivity index (χ4v) is 1.42. The normalized spacial score (nSPS) is 11.6. The molecule has 3 heteroatoms. The number of nitrogens with zero attached hydrogens (tertiary/aromatic N) is 1. The summed E-state index contributed by atoms with van der Waals surface area (Å²) in [5.74, 6) is 0. The van der Waals surface area contributed by atoms with E-state index in [0.717, 1.165) is 5.56 Å². The van der Waals surface area contributed by atoms with E-state index in [0.29, 0.717) is 18.5 Å². The fourth-order valence-electron chi connectivity index (χ4n) is 1.42. The maximum atomic E-state index is 10.2. The van der Waals surface area contributed by atoms with Gasteiger partial charge in [-0.1, -0.05) is 13.8 Å². The van der Waals surface area contributed by atoms with Gasteiger partial charge in [-0.3, -0.25) is 4.98 Å². The van der Waals surface area contributed by atoms with Crippen LogP contribution in [0.25, 0.3) is 0 Å². The molecule has 0 amide bonds. The van der Waals surface area contributed by atoms with Crippen molar-refractivity contribution in [3.63, 3.8) is 0 Å². The van der Waals surface area contributed by atoms with E-state index in [2.05, 4.69) is 4.98 Å². The van der Waals surface area contributed by atoms with E-state index in [9.17, 15) is 5.11 Å². The van der Waals surface area contributed by atoms with E-state index in [1.807, 2.05) is 13.8 Å². The maximum absolute atomic E-state index is 10.2. The first-order valence-corrected chi connectivity index (χ1v) is 4.56. The number of hydrogen-bond donors (Lipinski definition) is 2. The van der Waals surface area contributed by atoms with E-state index in [-0.39, 0.29) is 0 Å². The molecular formula is C10H16N2O. The van der Waals surface area contributed by atoms with Crippen molar-refractivity contribution in [2.45, 2.75) is 32.3 Å². The Morgan fingerprint density at radius 3 is 2.54 bits per heavy atom. The number of aromatic nitrogens is 1. The number of hydrogen-bond acceptors (Lipinski definition) is 3. The Balaban J connectivity index is 3.12. The molecule has 0 atom stereocenters. The highest BCUT2D eigenvalue weighted by Crippen LogP contribution is 2.31. The van der Waals surface area contributed by atoms with Gasteiger partial charge < -0.3 is 10.8 Å². The molecular weight excluding hydrogens is 164 g/mol. The second-order valence-corrected chi connectivity index (χ2v) is 3.20. The summed E-state index contributed by atoms with van der Waals surface area (Å²) < 4.78 is 0. The molecule has 0 aliphatic rings. The van der Waals surface area contributed by atoms with Crippen LogP contribution in [0.15, 0.2) is 18.5 Å². The standard InChI is InChI=1S/C10H16N2O/c1-3-10(13,4-2)8-7-12-6-5-9(8)11/h5-7,13H,3-4H2,1-2H3,(H2,11,12). The first-order chi connectivity index (χ1) is 6.14. The molecule has 1 aromatic rings. The predicted octanol–water partition coefficient (Wildman–Crippen LogP) is 1.67. The van der Waals surface area contributed by atoms with Crippen LogP contribution >= 0.6 is 0 Å². The molecule has 0 bridgehead atoms. The van der Waals surface area contributed by atoms with E-state index in [1.54, 1.807) is 18.5 Å². The highest BCUT2D eigenvalue weighted by molar-refractivity contribution is 5.47. The molecule has 0 aliphatic carbocycles. The lowest BCUT2D eigenvalue weighted by atomic mass is 9.89. The molecule has 3 N–H and O–H groups in total. The van der Waals surface area contributed by atoms with Gasteiger partial charge in [0.2, 0.25) is 0 Å². The molecule has 13 heavy (non-hydrogen) atoms. The van der Waals surface area contributed by atoms with Crippen LogP contribution in [0.4, 0.5) is 5.69 Å². The summed E-state index contributed by atoms with van der Waals surface area (Å²) in [5.41, 5.74) is 6.29. The molecule has 0 aliphatic heterocycles. The first-order valence-electron chi connectivity index (χ1n) is 4.56. The Morgan fingerprint density at radius 2 is 2.08 bits per heavy atom. The Labute approximate surface area is 78.6 Å². The van der Waals surface area contributed by atoms with Crippen molar-refractivity contribution in [3.05, 3.63) is 24.0 Å². The van der Waals surface area contributed by atoms with E-state index in [4.69, 9.17) is 5.73 Å². The van der Waals surface area contributed by atoms with Gasteiger partial charge in [-0.05, 0) is 18.9 Å². The van der Waals surface area contributed by atoms with Gasteiger partial charge in [-0.25, -0.2) is 0 Å². The molecule has 1 rings (SSSR count). The van der Waals surface area contributed by atoms with E-state index < -0.39 is 5.60 Å². The number of pyridine rings is 1. The van der Waals surface area contributed by atoms with Gasteiger partial charge in [-0.2, -0.15) is 0 Å². The summed E-state index contributed by atoms with van der Waals surface area (Å²) in [4.78, 5) is 3.97. The van der Waals surface area contributed by atoms with Gasteiger partial charge >= 0.3 is 0 Å². The average Bonchev–Trinajstić information content (AvgIpc) is 2.17. The summed E-state index contributed by atoms with van der Waals surface area (Å²) in [6, 6.07) is 1.71. The monoisotopic (exact) mass is 180 g/mol. The summed E-state index contributed by atoms with van der Waals surface area (Å²) in [6.07, 6.45) is 4.58. The van der Waals surface area contributed by atoms with Crippen molar-refractivity contribution in [1.82, 2.24) is 4.98 Å². The molecule has 1 aromatic heterocycles. The number of nitrogens with two attached hydrogens (primary N) is 1. The minimum Gasteiger partial charge on any atom is -0.398 e. The maximum Gasteiger partial charge on any atom is 0.0926 e. The number of aliphatic hydroxyl groups is 1. The van der Waals surface area contributed by atoms with Crippen molar-refractivity contribution in [2.75, 3.05) is 5.73 Å². The molecule has 0 spiro atoms. The van der Waals surface area contributed by atoms with E-state index >= 15 is 0 Å². The van der Waals surface area contributed by atoms with Gasteiger partial charge in [-0.15, -0.1) is 0 Å². The third-order valence-electron chi connectivity index (χ3n) is 2.53. The zero-order valence-corrected chi connectivity index (χ0v) is 8.12. The lowest BCUT2D eigenvalue weighted by Crippen LogP contribution is -2.25. The average molecular weight is 180 g/mol. The Morgan fingerprint density at radius 1 is 1.46 bits per heavy atom. The van der Waals surface area contributed by atoms with Crippen molar-refractivity contribution in [3.8, 4) is 0 Å². The van der Waals surface area contributed by atoms with Crippen molar-refractivity contribution in [1.29, 1.82) is 0 Å². The van der Waals surface area contributed by atoms with Gasteiger partial charge in [0.05, 0.1) is 5.60 Å². The van der Waals surface area contributed by atoms with Crippen LogP contribution in [-0.2, 0) is 5.60 Å². The molecule has 0 fully saturated rings. The summed E-state index contributed by atoms with van der Waals surface area (Å²) in [7, 11) is 0. The van der Waals surface area contributed by atoms with Crippen molar-refractivity contribution in [2.24, 2.45) is 0 Å². The molecule has 0 radical (unpaired) electrons. The zero-order valence-electron chi connectivity index (χ0n) is 8.12. The van der Waals surface area contributed by atoms with E-state index in [1.165, 1.54) is 0 Å². The SMILES string of the molecule is CCC(O)(CC)c1cnccc1N. The molecule has 0 aromatic carbocycles. The second-order valence-electron chi connectivity index (χ2n) is 3.20. The Hall–Kier alpha value is -1.09. The summed E-state index contributed by atoms with van der Waals surface area (Å²) in [6.45, 7) is 3.88. The molecule has 0 saturated carbocycles. The number of nitrogen functional groups attached to an aromatic ring is 1. The minimum atomic E-state index is -0.821. The van der Waals surface area contributed by atoms with Crippen LogP contribution in [0.2, 0.25) is 0 Å². The summed E-state index contributed by atoms with van der Waals surface area (Å²) >= 11 is 0. The smallest absolute Gasteiger partial charge is 0.0926 e. The van der Waals surface area contributed by atoms with Crippen molar-refractivity contribution < 1.29 is 5.11 Å². The third kappa shape index (κ3) is 1.80. The van der Waals surface area contributed by atoms with Gasteiger partial charge in [0.15, 0.2) is 0 Å². The zero-order chi connectivity index (χ0) is 9.90. The molecule has 0 unspecified atom stereocenters. The van der Waals surface area contributed by atoms with Gasteiger partial charge in [0.1, 0.15) is 0 Å². The highest BCUT2D eigenvalue weighted by Gasteiger charge is 2.26. The molecule has 72 valence electrons. The van der Waals surface area contributed by atoms with Crippen LogP contribution in [0.1, 0.15) is 32.3 Å². The molecule has 0 saturated heterocycles. The topological polar surface area (TPSA) is 59.1 Å². The molecule has 3 nitrogen and oxygen atoms in total. The van der Waals surface area contributed by atoms with Gasteiger partial charge in [0, 0.05) is 23.6 Å². The predicted molar refractivity (Wildman–Crippen MR) is 53.1 cm³/mol. The highest BCUT2D eigenvalue weighted by atomic mass is 16.3. The quantitative estimate of drug-likeness (QED) is 0.743.